The van der Waals surface area contributed by atoms with Crippen molar-refractivity contribution in [1.82, 2.24) is 19.7 Å². The van der Waals surface area contributed by atoms with Crippen LogP contribution in [0.5, 0.6) is 0 Å². The van der Waals surface area contributed by atoms with Gasteiger partial charge in [-0.15, -0.1) is 21.5 Å². The molecular weight excluding hydrogens is 428 g/mol. The Kier molecular flexibility index (Phi) is 6.89. The number of hydrogen-bond acceptors (Lipinski definition) is 6. The molecule has 8 heteroatoms. The van der Waals surface area contributed by atoms with E-state index in [-0.39, 0.29) is 11.7 Å². The number of nitrogens with zero attached hydrogens (tertiary/aromatic N) is 4. The van der Waals surface area contributed by atoms with Gasteiger partial charge in [0, 0.05) is 9.75 Å². The Balaban J connectivity index is 1.45. The lowest BCUT2D eigenvalue weighted by Crippen LogP contribution is -2.31. The number of benzene rings is 1. The molecule has 31 heavy (non-hydrogen) atoms. The van der Waals surface area contributed by atoms with Crippen molar-refractivity contribution in [2.24, 2.45) is 0 Å². The van der Waals surface area contributed by atoms with Crippen LogP contribution in [0, 0.1) is 13.8 Å². The summed E-state index contributed by atoms with van der Waals surface area (Å²) in [6.07, 6.45) is 1.64. The van der Waals surface area contributed by atoms with Gasteiger partial charge in [0.1, 0.15) is 11.6 Å². The number of amides is 1. The van der Waals surface area contributed by atoms with E-state index in [1.54, 1.807) is 17.6 Å². The molecule has 3 heterocycles. The lowest BCUT2D eigenvalue weighted by Gasteiger charge is -2.21. The predicted octanol–water partition coefficient (Wildman–Crippen LogP) is 4.92. The van der Waals surface area contributed by atoms with Crippen LogP contribution in [0.4, 0.5) is 0 Å². The van der Waals surface area contributed by atoms with Crippen molar-refractivity contribution in [2.75, 3.05) is 5.75 Å². The molecular formula is C23H24N4O2S2. The van der Waals surface area contributed by atoms with E-state index in [4.69, 9.17) is 4.42 Å². The summed E-state index contributed by atoms with van der Waals surface area (Å²) in [5.74, 6) is 1.94. The van der Waals surface area contributed by atoms with Gasteiger partial charge in [-0.2, -0.15) is 0 Å². The molecule has 0 saturated heterocycles. The number of thiophene rings is 1. The lowest BCUT2D eigenvalue weighted by molar-refractivity contribution is -0.129. The highest BCUT2D eigenvalue weighted by Gasteiger charge is 2.19. The fourth-order valence-corrected chi connectivity index (χ4v) is 5.01. The van der Waals surface area contributed by atoms with Gasteiger partial charge in [-0.1, -0.05) is 42.1 Å². The molecule has 0 fully saturated rings. The van der Waals surface area contributed by atoms with Gasteiger partial charge < -0.3 is 13.9 Å². The van der Waals surface area contributed by atoms with Crippen molar-refractivity contribution in [3.63, 3.8) is 0 Å². The average Bonchev–Trinajstić information content (AvgIpc) is 3.50. The number of carbonyl (C=O) groups is 1. The Labute approximate surface area is 189 Å². The van der Waals surface area contributed by atoms with Crippen molar-refractivity contribution in [1.29, 1.82) is 0 Å². The maximum absolute atomic E-state index is 13.1. The van der Waals surface area contributed by atoms with E-state index in [1.165, 1.54) is 22.2 Å². The van der Waals surface area contributed by atoms with Crippen molar-refractivity contribution in [3.05, 3.63) is 87.8 Å². The summed E-state index contributed by atoms with van der Waals surface area (Å²) in [6.45, 7) is 5.70. The van der Waals surface area contributed by atoms with E-state index >= 15 is 0 Å². The molecule has 0 spiro atoms. The molecule has 0 N–H and O–H groups in total. The third kappa shape index (κ3) is 5.65. The summed E-state index contributed by atoms with van der Waals surface area (Å²) in [5, 5.41) is 9.27. The van der Waals surface area contributed by atoms with E-state index in [0.717, 1.165) is 21.6 Å². The van der Waals surface area contributed by atoms with E-state index < -0.39 is 0 Å². The van der Waals surface area contributed by atoms with Crippen LogP contribution in [0.1, 0.15) is 26.9 Å². The highest BCUT2D eigenvalue weighted by molar-refractivity contribution is 7.99. The summed E-state index contributed by atoms with van der Waals surface area (Å²) in [4.78, 5) is 17.4. The zero-order valence-electron chi connectivity index (χ0n) is 17.5. The molecule has 0 unspecified atom stereocenters. The van der Waals surface area contributed by atoms with Gasteiger partial charge in [-0.3, -0.25) is 4.79 Å². The van der Waals surface area contributed by atoms with Gasteiger partial charge in [0.15, 0.2) is 5.16 Å². The third-order valence-electron chi connectivity index (χ3n) is 4.83. The zero-order valence-corrected chi connectivity index (χ0v) is 19.2. The maximum atomic E-state index is 13.1. The molecule has 0 aliphatic carbocycles. The summed E-state index contributed by atoms with van der Waals surface area (Å²) in [5.41, 5.74) is 1.17. The molecule has 4 rings (SSSR count). The molecule has 0 aliphatic rings. The molecule has 160 valence electrons. The second kappa shape index (κ2) is 9.98. The fourth-order valence-electron chi connectivity index (χ4n) is 3.22. The van der Waals surface area contributed by atoms with Gasteiger partial charge in [-0.25, -0.2) is 0 Å². The van der Waals surface area contributed by atoms with Crippen LogP contribution < -0.4 is 0 Å². The van der Waals surface area contributed by atoms with E-state index in [2.05, 4.69) is 41.4 Å². The molecule has 6 nitrogen and oxygen atoms in total. The number of carbonyl (C=O) groups excluding carboxylic acids is 1. The average molecular weight is 453 g/mol. The molecule has 3 aromatic heterocycles. The highest BCUT2D eigenvalue weighted by Crippen LogP contribution is 2.22. The van der Waals surface area contributed by atoms with Crippen molar-refractivity contribution >= 4 is 29.0 Å². The summed E-state index contributed by atoms with van der Waals surface area (Å²) in [6, 6.07) is 18.1. The van der Waals surface area contributed by atoms with E-state index in [1.807, 2.05) is 46.7 Å². The summed E-state index contributed by atoms with van der Waals surface area (Å²) in [7, 11) is 0. The van der Waals surface area contributed by atoms with Crippen LogP contribution in [-0.2, 0) is 24.4 Å². The second-order valence-electron chi connectivity index (χ2n) is 7.23. The summed E-state index contributed by atoms with van der Waals surface area (Å²) >= 11 is 3.13. The lowest BCUT2D eigenvalue weighted by atomic mass is 10.2. The minimum atomic E-state index is 0.0411. The van der Waals surface area contributed by atoms with Gasteiger partial charge in [-0.05, 0) is 43.7 Å². The number of thioether (sulfide) groups is 1. The fraction of sp³-hybridized carbons (Fsp3) is 0.261. The first kappa shape index (κ1) is 21.4. The number of aromatic nitrogens is 3. The number of rotatable bonds is 9. The number of hydrogen-bond donors (Lipinski definition) is 0. The van der Waals surface area contributed by atoms with Crippen LogP contribution >= 0.6 is 23.1 Å². The second-order valence-corrected chi connectivity index (χ2v) is 9.55. The molecule has 4 aromatic rings. The predicted molar refractivity (Wildman–Crippen MR) is 123 cm³/mol. The van der Waals surface area contributed by atoms with Gasteiger partial charge in [0.2, 0.25) is 5.91 Å². The van der Waals surface area contributed by atoms with Crippen molar-refractivity contribution < 1.29 is 9.21 Å². The van der Waals surface area contributed by atoms with Gasteiger partial charge in [0.05, 0.1) is 31.7 Å². The number of aryl methyl sites for hydroxylation is 2. The molecule has 0 aliphatic heterocycles. The molecule has 1 aromatic carbocycles. The van der Waals surface area contributed by atoms with Gasteiger partial charge in [0.25, 0.3) is 0 Å². The number of furan rings is 1. The van der Waals surface area contributed by atoms with Crippen LogP contribution in [0.15, 0.2) is 70.4 Å². The SMILES string of the molecule is Cc1ccc(CN(Cc2ccco2)C(=O)CSc2nnc(C)n2Cc2ccccc2)s1. The normalized spacial score (nSPS) is 11.0. The van der Waals surface area contributed by atoms with Crippen molar-refractivity contribution in [3.8, 4) is 0 Å². The third-order valence-corrected chi connectivity index (χ3v) is 6.77. The standard InChI is InChI=1S/C23H24N4O2S2/c1-17-10-11-21(31-17)15-26(14-20-9-6-12-29-20)22(28)16-30-23-25-24-18(2)27(23)13-19-7-4-3-5-8-19/h3-12H,13-16H2,1-2H3. The monoisotopic (exact) mass is 452 g/mol. The maximum Gasteiger partial charge on any atom is 0.233 e. The first-order valence-corrected chi connectivity index (χ1v) is 11.8. The van der Waals surface area contributed by atoms with E-state index in [0.29, 0.717) is 19.6 Å². The Bertz CT molecular complexity index is 1120. The van der Waals surface area contributed by atoms with Crippen LogP contribution in [-0.4, -0.2) is 31.3 Å². The largest absolute Gasteiger partial charge is 0.467 e. The Morgan fingerprint density at radius 2 is 1.90 bits per heavy atom. The summed E-state index contributed by atoms with van der Waals surface area (Å²) < 4.78 is 7.53. The first-order chi connectivity index (χ1) is 15.1. The molecule has 1 amide bonds. The Morgan fingerprint density at radius 3 is 2.61 bits per heavy atom. The van der Waals surface area contributed by atoms with Crippen LogP contribution in [0.2, 0.25) is 0 Å². The smallest absolute Gasteiger partial charge is 0.233 e. The molecule has 0 atom stereocenters. The van der Waals surface area contributed by atoms with Crippen molar-refractivity contribution in [2.45, 2.75) is 38.6 Å². The van der Waals surface area contributed by atoms with Gasteiger partial charge >= 0.3 is 0 Å². The quantitative estimate of drug-likeness (QED) is 0.337. The Hall–Kier alpha value is -2.84. The zero-order chi connectivity index (χ0) is 21.6. The molecule has 0 bridgehead atoms. The minimum absolute atomic E-state index is 0.0411. The highest BCUT2D eigenvalue weighted by atomic mass is 32.2. The van der Waals surface area contributed by atoms with E-state index in [9.17, 15) is 4.79 Å². The first-order valence-electron chi connectivity index (χ1n) is 10.0. The topological polar surface area (TPSA) is 64.2 Å². The molecule has 0 radical (unpaired) electrons. The molecule has 0 saturated carbocycles. The van der Waals surface area contributed by atoms with Crippen LogP contribution in [0.25, 0.3) is 0 Å². The Morgan fingerprint density at radius 1 is 1.06 bits per heavy atom. The van der Waals surface area contributed by atoms with Crippen LogP contribution in [0.3, 0.4) is 0 Å². The minimum Gasteiger partial charge on any atom is -0.467 e.